The summed E-state index contributed by atoms with van der Waals surface area (Å²) in [6.07, 6.45) is -0.679. The Labute approximate surface area is 87.2 Å². The molecule has 0 aliphatic heterocycles. The van der Waals surface area contributed by atoms with Crippen molar-refractivity contribution in [2.45, 2.75) is 6.10 Å². The number of nitrogens with zero attached hydrogens (tertiary/aromatic N) is 1. The third kappa shape index (κ3) is 1.72. The van der Waals surface area contributed by atoms with E-state index in [9.17, 15) is 5.11 Å². The van der Waals surface area contributed by atoms with Gasteiger partial charge in [-0.1, -0.05) is 24.3 Å². The van der Waals surface area contributed by atoms with Gasteiger partial charge in [-0.05, 0) is 12.1 Å². The molecular formula is C11H10ClNO. The van der Waals surface area contributed by atoms with Crippen LogP contribution in [0.25, 0.3) is 10.9 Å². The first kappa shape index (κ1) is 9.44. The summed E-state index contributed by atoms with van der Waals surface area (Å²) in [5.41, 5.74) is 1.51. The van der Waals surface area contributed by atoms with Gasteiger partial charge in [0.2, 0.25) is 0 Å². The molecule has 1 aromatic carbocycles. The SMILES string of the molecule is OC(CCl)c1ccc2ccccc2n1. The molecule has 0 fully saturated rings. The highest BCUT2D eigenvalue weighted by Crippen LogP contribution is 2.17. The fourth-order valence-electron chi connectivity index (χ4n) is 1.35. The number of hydrogen-bond acceptors (Lipinski definition) is 2. The number of rotatable bonds is 2. The van der Waals surface area contributed by atoms with E-state index in [1.165, 1.54) is 0 Å². The summed E-state index contributed by atoms with van der Waals surface area (Å²) >= 11 is 5.55. The molecule has 2 aromatic rings. The Morgan fingerprint density at radius 3 is 2.79 bits per heavy atom. The second-order valence-corrected chi connectivity index (χ2v) is 3.41. The summed E-state index contributed by atoms with van der Waals surface area (Å²) in [6, 6.07) is 11.5. The van der Waals surface area contributed by atoms with Crippen molar-refractivity contribution in [3.8, 4) is 0 Å². The van der Waals surface area contributed by atoms with Gasteiger partial charge in [0.15, 0.2) is 0 Å². The number of hydrogen-bond donors (Lipinski definition) is 1. The number of aromatic nitrogens is 1. The Bertz CT molecular complexity index is 444. The number of fused-ring (bicyclic) bond motifs is 1. The van der Waals surface area contributed by atoms with Crippen LogP contribution in [0.3, 0.4) is 0 Å². The molecule has 0 radical (unpaired) electrons. The first-order chi connectivity index (χ1) is 6.81. The van der Waals surface area contributed by atoms with E-state index in [0.717, 1.165) is 10.9 Å². The van der Waals surface area contributed by atoms with Gasteiger partial charge in [-0.15, -0.1) is 11.6 Å². The number of halogens is 1. The lowest BCUT2D eigenvalue weighted by molar-refractivity contribution is 0.198. The molecule has 0 bridgehead atoms. The molecule has 0 aliphatic rings. The van der Waals surface area contributed by atoms with Crippen LogP contribution in [-0.4, -0.2) is 16.0 Å². The van der Waals surface area contributed by atoms with Crippen LogP contribution in [0.15, 0.2) is 36.4 Å². The lowest BCUT2D eigenvalue weighted by atomic mass is 10.2. The summed E-state index contributed by atoms with van der Waals surface area (Å²) in [4.78, 5) is 4.31. The predicted octanol–water partition coefficient (Wildman–Crippen LogP) is 2.51. The quantitative estimate of drug-likeness (QED) is 0.768. The summed E-state index contributed by atoms with van der Waals surface area (Å²) in [5.74, 6) is 0.172. The summed E-state index contributed by atoms with van der Waals surface area (Å²) in [6.45, 7) is 0. The van der Waals surface area contributed by atoms with Crippen molar-refractivity contribution in [2.75, 3.05) is 5.88 Å². The molecule has 72 valence electrons. The lowest BCUT2D eigenvalue weighted by Crippen LogP contribution is -2.01. The van der Waals surface area contributed by atoms with Crippen LogP contribution < -0.4 is 0 Å². The van der Waals surface area contributed by atoms with Gasteiger partial charge in [-0.2, -0.15) is 0 Å². The topological polar surface area (TPSA) is 33.1 Å². The summed E-state index contributed by atoms with van der Waals surface area (Å²) < 4.78 is 0. The van der Waals surface area contributed by atoms with Crippen LogP contribution in [0, 0.1) is 0 Å². The van der Waals surface area contributed by atoms with Gasteiger partial charge in [0, 0.05) is 5.39 Å². The van der Waals surface area contributed by atoms with Crippen molar-refractivity contribution in [2.24, 2.45) is 0 Å². The minimum Gasteiger partial charge on any atom is -0.386 e. The maximum absolute atomic E-state index is 9.49. The van der Waals surface area contributed by atoms with E-state index in [2.05, 4.69) is 4.98 Å². The fourth-order valence-corrected chi connectivity index (χ4v) is 1.50. The molecule has 2 rings (SSSR count). The van der Waals surface area contributed by atoms with Gasteiger partial charge < -0.3 is 5.11 Å². The maximum atomic E-state index is 9.49. The molecular weight excluding hydrogens is 198 g/mol. The third-order valence-electron chi connectivity index (χ3n) is 2.11. The van der Waals surface area contributed by atoms with Gasteiger partial charge in [0.1, 0.15) is 6.10 Å². The Balaban J connectivity index is 2.51. The van der Waals surface area contributed by atoms with Crippen LogP contribution in [0.1, 0.15) is 11.8 Å². The average molecular weight is 208 g/mol. The van der Waals surface area contributed by atoms with Crippen LogP contribution >= 0.6 is 11.6 Å². The molecule has 1 aromatic heterocycles. The number of alkyl halides is 1. The molecule has 0 saturated heterocycles. The van der Waals surface area contributed by atoms with E-state index >= 15 is 0 Å². The van der Waals surface area contributed by atoms with Gasteiger partial charge in [0.25, 0.3) is 0 Å². The molecule has 1 atom stereocenters. The van der Waals surface area contributed by atoms with E-state index in [-0.39, 0.29) is 5.88 Å². The van der Waals surface area contributed by atoms with Crippen molar-refractivity contribution in [1.82, 2.24) is 4.98 Å². The molecule has 2 nitrogen and oxygen atoms in total. The van der Waals surface area contributed by atoms with Crippen LogP contribution in [0.2, 0.25) is 0 Å². The van der Waals surface area contributed by atoms with E-state index in [1.54, 1.807) is 6.07 Å². The number of pyridine rings is 1. The van der Waals surface area contributed by atoms with Crippen molar-refractivity contribution in [3.05, 3.63) is 42.1 Å². The zero-order valence-corrected chi connectivity index (χ0v) is 8.28. The zero-order valence-electron chi connectivity index (χ0n) is 7.52. The van der Waals surface area contributed by atoms with E-state index in [4.69, 9.17) is 11.6 Å². The average Bonchev–Trinajstić information content (AvgIpc) is 2.27. The number of aliphatic hydroxyl groups excluding tert-OH is 1. The van der Waals surface area contributed by atoms with E-state index < -0.39 is 6.10 Å². The molecule has 0 amide bonds. The van der Waals surface area contributed by atoms with Crippen molar-refractivity contribution in [1.29, 1.82) is 0 Å². The van der Waals surface area contributed by atoms with Crippen LogP contribution in [0.5, 0.6) is 0 Å². The number of aliphatic hydroxyl groups is 1. The molecule has 0 aliphatic carbocycles. The number of benzene rings is 1. The second-order valence-electron chi connectivity index (χ2n) is 3.10. The summed E-state index contributed by atoms with van der Waals surface area (Å²) in [5, 5.41) is 10.6. The Morgan fingerprint density at radius 1 is 1.21 bits per heavy atom. The summed E-state index contributed by atoms with van der Waals surface area (Å²) in [7, 11) is 0. The molecule has 0 saturated carbocycles. The van der Waals surface area contributed by atoms with Gasteiger partial charge in [-0.3, -0.25) is 4.98 Å². The Kier molecular flexibility index (Phi) is 2.66. The van der Waals surface area contributed by atoms with Gasteiger partial charge >= 0.3 is 0 Å². The molecule has 1 heterocycles. The highest BCUT2D eigenvalue weighted by molar-refractivity contribution is 6.18. The minimum atomic E-state index is -0.679. The maximum Gasteiger partial charge on any atom is 0.109 e. The number of para-hydroxylation sites is 1. The molecule has 0 spiro atoms. The molecule has 3 heteroatoms. The fraction of sp³-hybridized carbons (Fsp3) is 0.182. The Morgan fingerprint density at radius 2 is 2.00 bits per heavy atom. The van der Waals surface area contributed by atoms with Gasteiger partial charge in [0.05, 0.1) is 17.1 Å². The van der Waals surface area contributed by atoms with E-state index in [0.29, 0.717) is 5.69 Å². The predicted molar refractivity (Wildman–Crippen MR) is 57.4 cm³/mol. The zero-order chi connectivity index (χ0) is 9.97. The Hall–Kier alpha value is -1.12. The van der Waals surface area contributed by atoms with Gasteiger partial charge in [-0.25, -0.2) is 0 Å². The third-order valence-corrected chi connectivity index (χ3v) is 2.40. The normalized spacial score (nSPS) is 13.0. The standard InChI is InChI=1S/C11H10ClNO/c12-7-11(14)10-6-5-8-3-1-2-4-9(8)13-10/h1-6,11,14H,7H2. The molecule has 1 unspecified atom stereocenters. The van der Waals surface area contributed by atoms with Crippen molar-refractivity contribution < 1.29 is 5.11 Å². The molecule has 14 heavy (non-hydrogen) atoms. The van der Waals surface area contributed by atoms with Crippen molar-refractivity contribution >= 4 is 22.5 Å². The lowest BCUT2D eigenvalue weighted by Gasteiger charge is -2.06. The van der Waals surface area contributed by atoms with Crippen molar-refractivity contribution in [3.63, 3.8) is 0 Å². The smallest absolute Gasteiger partial charge is 0.109 e. The monoisotopic (exact) mass is 207 g/mol. The highest BCUT2D eigenvalue weighted by Gasteiger charge is 2.07. The van der Waals surface area contributed by atoms with E-state index in [1.807, 2.05) is 30.3 Å². The largest absolute Gasteiger partial charge is 0.386 e. The minimum absolute atomic E-state index is 0.172. The molecule has 1 N–H and O–H groups in total. The van der Waals surface area contributed by atoms with Crippen LogP contribution in [0.4, 0.5) is 0 Å². The second kappa shape index (κ2) is 3.95. The first-order valence-electron chi connectivity index (χ1n) is 4.41. The highest BCUT2D eigenvalue weighted by atomic mass is 35.5. The van der Waals surface area contributed by atoms with Crippen LogP contribution in [-0.2, 0) is 0 Å². The first-order valence-corrected chi connectivity index (χ1v) is 4.94.